The lowest BCUT2D eigenvalue weighted by atomic mass is 10.2. The summed E-state index contributed by atoms with van der Waals surface area (Å²) in [6.07, 6.45) is 0. The van der Waals surface area contributed by atoms with Crippen molar-refractivity contribution in [2.24, 2.45) is 7.05 Å². The van der Waals surface area contributed by atoms with Crippen molar-refractivity contribution in [2.75, 3.05) is 62.8 Å². The van der Waals surface area contributed by atoms with Crippen molar-refractivity contribution in [3.05, 3.63) is 46.4 Å². The fourth-order valence-corrected chi connectivity index (χ4v) is 5.04. The standard InChI is InChI=1S/C20H25N5O6S/c1-23-19(26)5-3-16(22-23)20(27)21-17-14-15(32(28,29)25-8-12-31-13-9-25)2-4-18(17)24-6-10-30-11-7-24/h2-5,14H,6-13H2,1H3,(H,21,27). The molecule has 1 amide bonds. The molecule has 2 aliphatic heterocycles. The Bertz CT molecular complexity index is 1150. The molecule has 0 spiro atoms. The monoisotopic (exact) mass is 463 g/mol. The molecular weight excluding hydrogens is 438 g/mol. The van der Waals surface area contributed by atoms with E-state index in [-0.39, 0.29) is 29.2 Å². The Morgan fingerprint density at radius 2 is 1.66 bits per heavy atom. The van der Waals surface area contributed by atoms with Crippen LogP contribution in [0.1, 0.15) is 10.5 Å². The maximum absolute atomic E-state index is 13.1. The largest absolute Gasteiger partial charge is 0.379 e. The van der Waals surface area contributed by atoms with Crippen LogP contribution in [0.15, 0.2) is 40.0 Å². The summed E-state index contributed by atoms with van der Waals surface area (Å²) in [5, 5.41) is 6.75. The molecule has 2 fully saturated rings. The number of nitrogens with one attached hydrogen (secondary N) is 1. The highest BCUT2D eigenvalue weighted by atomic mass is 32.2. The van der Waals surface area contributed by atoms with E-state index >= 15 is 0 Å². The molecule has 11 nitrogen and oxygen atoms in total. The number of benzene rings is 1. The van der Waals surface area contributed by atoms with E-state index in [1.807, 2.05) is 4.90 Å². The number of nitrogens with zero attached hydrogens (tertiary/aromatic N) is 4. The molecule has 32 heavy (non-hydrogen) atoms. The summed E-state index contributed by atoms with van der Waals surface area (Å²) in [7, 11) is -2.29. The molecule has 172 valence electrons. The van der Waals surface area contributed by atoms with Crippen LogP contribution < -0.4 is 15.8 Å². The van der Waals surface area contributed by atoms with Gasteiger partial charge in [-0.3, -0.25) is 9.59 Å². The van der Waals surface area contributed by atoms with E-state index in [0.29, 0.717) is 50.9 Å². The second kappa shape index (κ2) is 9.36. The van der Waals surface area contributed by atoms with Crippen LogP contribution in [0.2, 0.25) is 0 Å². The Labute approximate surface area is 185 Å². The minimum absolute atomic E-state index is 0.0430. The second-order valence-electron chi connectivity index (χ2n) is 7.43. The number of ether oxygens (including phenoxy) is 2. The molecule has 1 aromatic heterocycles. The summed E-state index contributed by atoms with van der Waals surface area (Å²) < 4.78 is 39.4. The molecule has 3 heterocycles. The number of carbonyl (C=O) groups excluding carboxylic acids is 1. The normalized spacial score (nSPS) is 17.8. The molecule has 0 bridgehead atoms. The number of aryl methyl sites for hydroxylation is 1. The SMILES string of the molecule is Cn1nc(C(=O)Nc2cc(S(=O)(=O)N3CCOCC3)ccc2N2CCOCC2)ccc1=O. The van der Waals surface area contributed by atoms with Crippen molar-refractivity contribution >= 4 is 27.3 Å². The van der Waals surface area contributed by atoms with Gasteiger partial charge in [0.25, 0.3) is 11.5 Å². The lowest BCUT2D eigenvalue weighted by Gasteiger charge is -2.31. The summed E-state index contributed by atoms with van der Waals surface area (Å²) in [4.78, 5) is 26.6. The first kappa shape index (κ1) is 22.4. The van der Waals surface area contributed by atoms with Gasteiger partial charge in [0.1, 0.15) is 5.69 Å². The molecule has 1 aromatic carbocycles. The number of hydrogen-bond acceptors (Lipinski definition) is 8. The zero-order chi connectivity index (χ0) is 22.7. The predicted molar refractivity (Wildman–Crippen MR) is 116 cm³/mol. The van der Waals surface area contributed by atoms with Crippen LogP contribution in [0, 0.1) is 0 Å². The van der Waals surface area contributed by atoms with E-state index in [4.69, 9.17) is 9.47 Å². The topological polar surface area (TPSA) is 123 Å². The molecule has 2 aromatic rings. The smallest absolute Gasteiger partial charge is 0.276 e. The van der Waals surface area contributed by atoms with Gasteiger partial charge in [0.05, 0.1) is 42.7 Å². The van der Waals surface area contributed by atoms with Crippen LogP contribution in [0.5, 0.6) is 0 Å². The Morgan fingerprint density at radius 3 is 2.31 bits per heavy atom. The minimum Gasteiger partial charge on any atom is -0.379 e. The van der Waals surface area contributed by atoms with Gasteiger partial charge in [0, 0.05) is 39.3 Å². The van der Waals surface area contributed by atoms with Crippen molar-refractivity contribution in [1.82, 2.24) is 14.1 Å². The number of aromatic nitrogens is 2. The number of carbonyl (C=O) groups is 1. The van der Waals surface area contributed by atoms with Crippen molar-refractivity contribution in [3.63, 3.8) is 0 Å². The summed E-state index contributed by atoms with van der Waals surface area (Å²) in [6.45, 7) is 3.51. The predicted octanol–water partition coefficient (Wildman–Crippen LogP) is -0.110. The van der Waals surface area contributed by atoms with Crippen LogP contribution in [-0.4, -0.2) is 81.0 Å². The molecule has 4 rings (SSSR count). The van der Waals surface area contributed by atoms with E-state index in [0.717, 1.165) is 4.68 Å². The Kier molecular flexibility index (Phi) is 6.55. The average molecular weight is 464 g/mol. The Hall–Kier alpha value is -2.80. The molecular formula is C20H25N5O6S. The summed E-state index contributed by atoms with van der Waals surface area (Å²) in [5.74, 6) is -0.545. The van der Waals surface area contributed by atoms with Crippen molar-refractivity contribution in [3.8, 4) is 0 Å². The number of anilines is 2. The van der Waals surface area contributed by atoms with Crippen LogP contribution in [0.25, 0.3) is 0 Å². The third kappa shape index (κ3) is 4.67. The fourth-order valence-electron chi connectivity index (χ4n) is 3.60. The van der Waals surface area contributed by atoms with Crippen LogP contribution >= 0.6 is 0 Å². The molecule has 0 radical (unpaired) electrons. The van der Waals surface area contributed by atoms with Crippen LogP contribution in [0.4, 0.5) is 11.4 Å². The zero-order valence-corrected chi connectivity index (χ0v) is 18.5. The van der Waals surface area contributed by atoms with Gasteiger partial charge in [0.15, 0.2) is 0 Å². The summed E-state index contributed by atoms with van der Waals surface area (Å²) >= 11 is 0. The third-order valence-electron chi connectivity index (χ3n) is 5.37. The number of morpholine rings is 2. The number of rotatable bonds is 5. The Balaban J connectivity index is 1.69. The zero-order valence-electron chi connectivity index (χ0n) is 17.7. The maximum Gasteiger partial charge on any atom is 0.276 e. The highest BCUT2D eigenvalue weighted by Gasteiger charge is 2.28. The average Bonchev–Trinajstić information content (AvgIpc) is 2.82. The highest BCUT2D eigenvalue weighted by Crippen LogP contribution is 2.31. The molecule has 0 aliphatic carbocycles. The van der Waals surface area contributed by atoms with Gasteiger partial charge >= 0.3 is 0 Å². The molecule has 2 aliphatic rings. The molecule has 0 atom stereocenters. The number of hydrogen-bond donors (Lipinski definition) is 1. The van der Waals surface area contributed by atoms with Gasteiger partial charge < -0.3 is 19.7 Å². The van der Waals surface area contributed by atoms with Gasteiger partial charge in [-0.25, -0.2) is 13.1 Å². The van der Waals surface area contributed by atoms with E-state index in [2.05, 4.69) is 10.4 Å². The first-order chi connectivity index (χ1) is 15.4. The molecule has 0 saturated carbocycles. The van der Waals surface area contributed by atoms with Crippen molar-refractivity contribution in [1.29, 1.82) is 0 Å². The highest BCUT2D eigenvalue weighted by molar-refractivity contribution is 7.89. The van der Waals surface area contributed by atoms with Gasteiger partial charge in [-0.15, -0.1) is 0 Å². The molecule has 12 heteroatoms. The first-order valence-corrected chi connectivity index (χ1v) is 11.7. The summed E-state index contributed by atoms with van der Waals surface area (Å²) in [5.41, 5.74) is 0.741. The third-order valence-corrected chi connectivity index (χ3v) is 7.26. The quantitative estimate of drug-likeness (QED) is 0.652. The van der Waals surface area contributed by atoms with Crippen LogP contribution in [0.3, 0.4) is 0 Å². The summed E-state index contributed by atoms with van der Waals surface area (Å²) in [6, 6.07) is 7.30. The van der Waals surface area contributed by atoms with Crippen molar-refractivity contribution in [2.45, 2.75) is 4.90 Å². The minimum atomic E-state index is -3.75. The molecule has 2 saturated heterocycles. The van der Waals surface area contributed by atoms with Crippen LogP contribution in [-0.2, 0) is 26.5 Å². The number of sulfonamides is 1. The lowest BCUT2D eigenvalue weighted by Crippen LogP contribution is -2.40. The molecule has 1 N–H and O–H groups in total. The van der Waals surface area contributed by atoms with Gasteiger partial charge in [-0.05, 0) is 24.3 Å². The van der Waals surface area contributed by atoms with Gasteiger partial charge in [-0.1, -0.05) is 0 Å². The van der Waals surface area contributed by atoms with Gasteiger partial charge in [-0.2, -0.15) is 9.40 Å². The van der Waals surface area contributed by atoms with E-state index in [9.17, 15) is 18.0 Å². The van der Waals surface area contributed by atoms with E-state index < -0.39 is 15.9 Å². The fraction of sp³-hybridized carbons (Fsp3) is 0.450. The second-order valence-corrected chi connectivity index (χ2v) is 9.37. The van der Waals surface area contributed by atoms with E-state index in [1.165, 1.54) is 29.6 Å². The molecule has 0 unspecified atom stereocenters. The first-order valence-electron chi connectivity index (χ1n) is 10.3. The Morgan fingerprint density at radius 1 is 1.00 bits per heavy atom. The maximum atomic E-state index is 13.1. The van der Waals surface area contributed by atoms with Crippen molar-refractivity contribution < 1.29 is 22.7 Å². The lowest BCUT2D eigenvalue weighted by molar-refractivity contribution is 0.0730. The van der Waals surface area contributed by atoms with Gasteiger partial charge in [0.2, 0.25) is 10.0 Å². The van der Waals surface area contributed by atoms with E-state index in [1.54, 1.807) is 12.1 Å². The number of amides is 1.